The first-order valence-electron chi connectivity index (χ1n) is 3.84. The smallest absolute Gasteiger partial charge is 0.142 e. The maximum absolute atomic E-state index is 12.8. The number of pyridine rings is 1. The van der Waals surface area contributed by atoms with E-state index in [0.29, 0.717) is 16.4 Å². The summed E-state index contributed by atoms with van der Waals surface area (Å²) in [4.78, 5) is 11.4. The lowest BCUT2D eigenvalue weighted by atomic mass is 10.2. The number of rotatable bonds is 1. The van der Waals surface area contributed by atoms with Crippen molar-refractivity contribution < 1.29 is 4.39 Å². The maximum atomic E-state index is 12.8. The van der Waals surface area contributed by atoms with Crippen LogP contribution in [0.15, 0.2) is 30.9 Å². The lowest BCUT2D eigenvalue weighted by Gasteiger charge is -1.99. The Bertz CT molecular complexity index is 418. The first kappa shape index (κ1) is 9.02. The molecule has 0 unspecified atom stereocenters. The van der Waals surface area contributed by atoms with Crippen molar-refractivity contribution >= 4 is 11.6 Å². The minimum atomic E-state index is -0.405. The lowest BCUT2D eigenvalue weighted by Crippen LogP contribution is -1.87. The number of aromatic nitrogens is 3. The molecule has 0 N–H and O–H groups in total. The molecule has 5 heteroatoms. The SMILES string of the molecule is Fc1cncc(-c2cc(Cl)ncn2)c1. The van der Waals surface area contributed by atoms with Crippen LogP contribution in [0.2, 0.25) is 5.15 Å². The summed E-state index contributed by atoms with van der Waals surface area (Å²) < 4.78 is 12.8. The van der Waals surface area contributed by atoms with Gasteiger partial charge in [0.25, 0.3) is 0 Å². The topological polar surface area (TPSA) is 38.7 Å². The molecule has 0 fully saturated rings. The van der Waals surface area contributed by atoms with Gasteiger partial charge >= 0.3 is 0 Å². The normalized spacial score (nSPS) is 10.1. The lowest BCUT2D eigenvalue weighted by molar-refractivity contribution is 0.622. The van der Waals surface area contributed by atoms with E-state index in [2.05, 4.69) is 15.0 Å². The van der Waals surface area contributed by atoms with Gasteiger partial charge in [0.15, 0.2) is 0 Å². The van der Waals surface area contributed by atoms with Crippen LogP contribution in [0.25, 0.3) is 11.3 Å². The van der Waals surface area contributed by atoms with E-state index in [4.69, 9.17) is 11.6 Å². The molecule has 0 aliphatic rings. The molecule has 2 aromatic rings. The summed E-state index contributed by atoms with van der Waals surface area (Å²) in [5, 5.41) is 0.319. The molecule has 0 aliphatic heterocycles. The Hall–Kier alpha value is -1.55. The second-order valence-corrected chi connectivity index (χ2v) is 3.01. The molecular formula is C9H5ClFN3. The Morgan fingerprint density at radius 2 is 2.00 bits per heavy atom. The fourth-order valence-corrected chi connectivity index (χ4v) is 1.19. The molecule has 14 heavy (non-hydrogen) atoms. The van der Waals surface area contributed by atoms with Gasteiger partial charge in [-0.2, -0.15) is 0 Å². The summed E-state index contributed by atoms with van der Waals surface area (Å²) in [6.45, 7) is 0. The van der Waals surface area contributed by atoms with Gasteiger partial charge in [-0.1, -0.05) is 11.6 Å². The predicted octanol–water partition coefficient (Wildman–Crippen LogP) is 2.33. The second-order valence-electron chi connectivity index (χ2n) is 2.62. The van der Waals surface area contributed by atoms with Crippen molar-refractivity contribution in [3.63, 3.8) is 0 Å². The first-order valence-corrected chi connectivity index (χ1v) is 4.22. The summed E-state index contributed by atoms with van der Waals surface area (Å²) >= 11 is 5.67. The average molecular weight is 210 g/mol. The quantitative estimate of drug-likeness (QED) is 0.677. The highest BCUT2D eigenvalue weighted by atomic mass is 35.5. The molecule has 2 aromatic heterocycles. The molecule has 0 spiro atoms. The van der Waals surface area contributed by atoms with Crippen molar-refractivity contribution in [2.45, 2.75) is 0 Å². The molecule has 0 saturated carbocycles. The van der Waals surface area contributed by atoms with E-state index in [-0.39, 0.29) is 0 Å². The molecule has 0 amide bonds. The van der Waals surface area contributed by atoms with Crippen LogP contribution in [0, 0.1) is 5.82 Å². The molecule has 0 saturated heterocycles. The summed E-state index contributed by atoms with van der Waals surface area (Å²) in [5.74, 6) is -0.405. The van der Waals surface area contributed by atoms with Crippen molar-refractivity contribution in [3.8, 4) is 11.3 Å². The van der Waals surface area contributed by atoms with E-state index < -0.39 is 5.82 Å². The highest BCUT2D eigenvalue weighted by Crippen LogP contribution is 2.18. The monoisotopic (exact) mass is 209 g/mol. The van der Waals surface area contributed by atoms with Gasteiger partial charge in [-0.05, 0) is 6.07 Å². The van der Waals surface area contributed by atoms with Crippen molar-refractivity contribution in [1.29, 1.82) is 0 Å². The number of halogens is 2. The van der Waals surface area contributed by atoms with Crippen molar-refractivity contribution in [2.75, 3.05) is 0 Å². The molecule has 0 bridgehead atoms. The van der Waals surface area contributed by atoms with Gasteiger partial charge in [0.05, 0.1) is 11.9 Å². The molecule has 2 rings (SSSR count). The van der Waals surface area contributed by atoms with Crippen molar-refractivity contribution in [3.05, 3.63) is 41.8 Å². The highest BCUT2D eigenvalue weighted by Gasteiger charge is 2.02. The molecule has 0 atom stereocenters. The van der Waals surface area contributed by atoms with E-state index >= 15 is 0 Å². The van der Waals surface area contributed by atoms with Crippen LogP contribution in [0.5, 0.6) is 0 Å². The van der Waals surface area contributed by atoms with Crippen LogP contribution in [0.1, 0.15) is 0 Å². The van der Waals surface area contributed by atoms with Gasteiger partial charge < -0.3 is 0 Å². The molecule has 0 radical (unpaired) electrons. The minimum Gasteiger partial charge on any atom is -0.261 e. The molecule has 0 aliphatic carbocycles. The van der Waals surface area contributed by atoms with Crippen molar-refractivity contribution in [1.82, 2.24) is 15.0 Å². The Labute approximate surface area is 84.6 Å². The molecular weight excluding hydrogens is 205 g/mol. The van der Waals surface area contributed by atoms with E-state index in [1.807, 2.05) is 0 Å². The third-order valence-electron chi connectivity index (χ3n) is 1.63. The van der Waals surface area contributed by atoms with Gasteiger partial charge in [-0.25, -0.2) is 14.4 Å². The summed E-state index contributed by atoms with van der Waals surface area (Å²) in [6.07, 6.45) is 3.97. The first-order chi connectivity index (χ1) is 6.75. The minimum absolute atomic E-state index is 0.319. The standard InChI is InChI=1S/C9H5ClFN3/c10-9-2-8(13-5-14-9)6-1-7(11)4-12-3-6/h1-5H. The van der Waals surface area contributed by atoms with E-state index in [9.17, 15) is 4.39 Å². The molecule has 70 valence electrons. The van der Waals surface area contributed by atoms with Crippen LogP contribution >= 0.6 is 11.6 Å². The predicted molar refractivity (Wildman–Crippen MR) is 50.2 cm³/mol. The van der Waals surface area contributed by atoms with Crippen LogP contribution in [0.3, 0.4) is 0 Å². The van der Waals surface area contributed by atoms with Gasteiger partial charge in [-0.3, -0.25) is 4.98 Å². The zero-order valence-corrected chi connectivity index (χ0v) is 7.74. The second kappa shape index (κ2) is 3.67. The molecule has 2 heterocycles. The fraction of sp³-hybridized carbons (Fsp3) is 0. The molecule has 3 nitrogen and oxygen atoms in total. The van der Waals surface area contributed by atoms with E-state index in [1.165, 1.54) is 18.6 Å². The van der Waals surface area contributed by atoms with Crippen molar-refractivity contribution in [2.24, 2.45) is 0 Å². The maximum Gasteiger partial charge on any atom is 0.142 e. The number of hydrogen-bond acceptors (Lipinski definition) is 3. The van der Waals surface area contributed by atoms with E-state index in [0.717, 1.165) is 6.20 Å². The van der Waals surface area contributed by atoms with Gasteiger partial charge in [0.1, 0.15) is 17.3 Å². The Balaban J connectivity index is 2.49. The third kappa shape index (κ3) is 1.85. The molecule has 0 aromatic carbocycles. The average Bonchev–Trinajstić information content (AvgIpc) is 2.18. The highest BCUT2D eigenvalue weighted by molar-refractivity contribution is 6.29. The van der Waals surface area contributed by atoms with Gasteiger partial charge in [0, 0.05) is 17.8 Å². The zero-order chi connectivity index (χ0) is 9.97. The summed E-state index contributed by atoms with van der Waals surface area (Å²) in [5.41, 5.74) is 1.13. The van der Waals surface area contributed by atoms with E-state index in [1.54, 1.807) is 6.07 Å². The van der Waals surface area contributed by atoms with Crippen LogP contribution in [0.4, 0.5) is 4.39 Å². The van der Waals surface area contributed by atoms with Gasteiger partial charge in [-0.15, -0.1) is 0 Å². The Morgan fingerprint density at radius 1 is 1.14 bits per heavy atom. The van der Waals surface area contributed by atoms with Crippen LogP contribution < -0.4 is 0 Å². The Morgan fingerprint density at radius 3 is 2.71 bits per heavy atom. The van der Waals surface area contributed by atoms with Gasteiger partial charge in [0.2, 0.25) is 0 Å². The Kier molecular flexibility index (Phi) is 2.37. The van der Waals surface area contributed by atoms with Crippen LogP contribution in [-0.2, 0) is 0 Å². The van der Waals surface area contributed by atoms with Crippen LogP contribution in [-0.4, -0.2) is 15.0 Å². The third-order valence-corrected chi connectivity index (χ3v) is 1.84. The zero-order valence-electron chi connectivity index (χ0n) is 6.98. The largest absolute Gasteiger partial charge is 0.261 e. The summed E-state index contributed by atoms with van der Waals surface area (Å²) in [7, 11) is 0. The fourth-order valence-electron chi connectivity index (χ4n) is 1.04. The number of hydrogen-bond donors (Lipinski definition) is 0. The number of nitrogens with zero attached hydrogens (tertiary/aromatic N) is 3. The summed E-state index contributed by atoms with van der Waals surface area (Å²) in [6, 6.07) is 2.89.